The molecule has 0 bridgehead atoms. The summed E-state index contributed by atoms with van der Waals surface area (Å²) < 4.78 is 0. The molecule has 5 rings (SSSR count). The smallest absolute Gasteiger partial charge is 0.131 e. The summed E-state index contributed by atoms with van der Waals surface area (Å²) in [5.41, 5.74) is 6.17. The number of hydrogen-bond donors (Lipinski definition) is 1. The topological polar surface area (TPSA) is 20.2 Å². The molecule has 0 aromatic heterocycles. The summed E-state index contributed by atoms with van der Waals surface area (Å²) in [6, 6.07) is 38.7. The summed E-state index contributed by atoms with van der Waals surface area (Å²) in [4.78, 5) is 0. The maximum Gasteiger partial charge on any atom is 0.131 e. The fourth-order valence-electron chi connectivity index (χ4n) is 4.25. The summed E-state index contributed by atoms with van der Waals surface area (Å²) in [5, 5.41) is 13.3. The predicted octanol–water partition coefficient (Wildman–Crippen LogP) is 9.06. The second kappa shape index (κ2) is 10.5. The van der Waals surface area contributed by atoms with Gasteiger partial charge in [-0.05, 0) is 33.2 Å². The van der Waals surface area contributed by atoms with Gasteiger partial charge in [-0.3, -0.25) is 0 Å². The second-order valence-corrected chi connectivity index (χ2v) is 8.37. The van der Waals surface area contributed by atoms with Crippen molar-refractivity contribution in [3.05, 3.63) is 149 Å². The zero-order valence-electron chi connectivity index (χ0n) is 19.4. The Kier molecular flexibility index (Phi) is 6.68. The highest BCUT2D eigenvalue weighted by molar-refractivity contribution is 6.04. The van der Waals surface area contributed by atoms with Gasteiger partial charge in [-0.1, -0.05) is 152 Å². The lowest BCUT2D eigenvalue weighted by atomic mass is 9.91. The minimum atomic E-state index is 0.289. The average Bonchev–Trinajstić information content (AvgIpc) is 2.93. The van der Waals surface area contributed by atoms with Gasteiger partial charge in [0.25, 0.3) is 0 Å². The minimum Gasteiger partial charge on any atom is -0.507 e. The lowest BCUT2D eigenvalue weighted by Gasteiger charge is -2.15. The van der Waals surface area contributed by atoms with E-state index in [1.165, 1.54) is 0 Å². The number of rotatable bonds is 6. The van der Waals surface area contributed by atoms with E-state index in [9.17, 15) is 5.11 Å². The lowest BCUT2D eigenvalue weighted by Crippen LogP contribution is -1.92. The number of hydrogen-bond acceptors (Lipinski definition) is 1. The van der Waals surface area contributed by atoms with Gasteiger partial charge in [0, 0.05) is 10.9 Å². The van der Waals surface area contributed by atoms with Gasteiger partial charge in [-0.25, -0.2) is 0 Å². The predicted molar refractivity (Wildman–Crippen MR) is 152 cm³/mol. The van der Waals surface area contributed by atoms with E-state index < -0.39 is 0 Å². The van der Waals surface area contributed by atoms with Gasteiger partial charge in [0.05, 0.1) is 0 Å². The number of aromatic hydroxyl groups is 1. The first-order valence-corrected chi connectivity index (χ1v) is 11.8. The van der Waals surface area contributed by atoms with Crippen LogP contribution >= 0.6 is 0 Å². The molecule has 0 atom stereocenters. The third-order valence-corrected chi connectivity index (χ3v) is 6.03. The fraction of sp³-hybridized carbons (Fsp3) is 0. The third kappa shape index (κ3) is 5.15. The van der Waals surface area contributed by atoms with E-state index in [4.69, 9.17) is 0 Å². The Bertz CT molecular complexity index is 1510. The molecule has 0 spiro atoms. The number of fused-ring (bicyclic) bond motifs is 1. The van der Waals surface area contributed by atoms with Crippen LogP contribution in [0.3, 0.4) is 0 Å². The van der Waals surface area contributed by atoms with Crippen LogP contribution in [0.5, 0.6) is 5.75 Å². The normalized spacial score (nSPS) is 11.8. The monoisotopic (exact) mass is 450 g/mol. The van der Waals surface area contributed by atoms with E-state index in [0.717, 1.165) is 44.2 Å². The summed E-state index contributed by atoms with van der Waals surface area (Å²) in [6.07, 6.45) is 12.6. The van der Waals surface area contributed by atoms with Crippen molar-refractivity contribution in [2.24, 2.45) is 0 Å². The van der Waals surface area contributed by atoms with Crippen LogP contribution in [-0.4, -0.2) is 5.11 Å². The van der Waals surface area contributed by atoms with Crippen LogP contribution in [-0.2, 0) is 0 Å². The van der Waals surface area contributed by atoms with Crippen LogP contribution in [0.25, 0.3) is 47.2 Å². The summed E-state index contributed by atoms with van der Waals surface area (Å²) >= 11 is 0. The molecule has 0 radical (unpaired) electrons. The zero-order valence-corrected chi connectivity index (χ0v) is 19.4. The van der Waals surface area contributed by atoms with E-state index >= 15 is 0 Å². The SMILES string of the molecule is Oc1c(C=Cc2ccccc2)c(C=Cc2ccccc2)c(C=Cc2ccccc2)c2ccccc12. The van der Waals surface area contributed by atoms with E-state index in [2.05, 4.69) is 66.8 Å². The molecule has 0 saturated carbocycles. The molecule has 35 heavy (non-hydrogen) atoms. The molecule has 1 heteroatoms. The lowest BCUT2D eigenvalue weighted by molar-refractivity contribution is 0.480. The Morgan fingerprint density at radius 2 is 0.714 bits per heavy atom. The van der Waals surface area contributed by atoms with Crippen LogP contribution in [0.2, 0.25) is 0 Å². The van der Waals surface area contributed by atoms with Gasteiger partial charge in [-0.15, -0.1) is 0 Å². The molecule has 168 valence electrons. The number of phenols is 1. The molecule has 0 fully saturated rings. The molecule has 5 aromatic carbocycles. The molecule has 5 aromatic rings. The average molecular weight is 451 g/mol. The zero-order chi connectivity index (χ0) is 23.9. The molecule has 0 aliphatic carbocycles. The van der Waals surface area contributed by atoms with Crippen molar-refractivity contribution < 1.29 is 5.11 Å². The fourth-order valence-corrected chi connectivity index (χ4v) is 4.25. The van der Waals surface area contributed by atoms with Crippen LogP contribution in [0.15, 0.2) is 115 Å². The molecular formula is C34H26O. The third-order valence-electron chi connectivity index (χ3n) is 6.03. The summed E-state index contributed by atoms with van der Waals surface area (Å²) in [5.74, 6) is 0.289. The highest BCUT2D eigenvalue weighted by Gasteiger charge is 2.14. The van der Waals surface area contributed by atoms with Crippen molar-refractivity contribution in [2.75, 3.05) is 0 Å². The molecule has 0 aliphatic rings. The van der Waals surface area contributed by atoms with Crippen molar-refractivity contribution in [3.63, 3.8) is 0 Å². The van der Waals surface area contributed by atoms with E-state index in [-0.39, 0.29) is 5.75 Å². The van der Waals surface area contributed by atoms with Crippen LogP contribution in [0, 0.1) is 0 Å². The van der Waals surface area contributed by atoms with E-state index in [1.54, 1.807) is 0 Å². The highest BCUT2D eigenvalue weighted by atomic mass is 16.3. The molecular weight excluding hydrogens is 424 g/mol. The van der Waals surface area contributed by atoms with Crippen molar-refractivity contribution in [1.29, 1.82) is 0 Å². The van der Waals surface area contributed by atoms with Crippen molar-refractivity contribution in [1.82, 2.24) is 0 Å². The van der Waals surface area contributed by atoms with Gasteiger partial charge >= 0.3 is 0 Å². The molecule has 0 amide bonds. The Labute approximate surface area is 206 Å². The van der Waals surface area contributed by atoms with Crippen LogP contribution in [0.4, 0.5) is 0 Å². The Hall–Kier alpha value is -4.62. The maximum absolute atomic E-state index is 11.4. The van der Waals surface area contributed by atoms with Gasteiger partial charge in [0.2, 0.25) is 0 Å². The standard InChI is InChI=1S/C34H26O/c35-34-32-19-11-10-18-29(32)30(23-20-26-12-4-1-5-13-26)31(24-21-27-14-6-2-7-15-27)33(34)25-22-28-16-8-3-9-17-28/h1-25,35H. The van der Waals surface area contributed by atoms with Gasteiger partial charge < -0.3 is 5.11 Å². The first-order valence-electron chi connectivity index (χ1n) is 11.8. The Balaban J connectivity index is 1.74. The van der Waals surface area contributed by atoms with Gasteiger partial charge in [0.15, 0.2) is 0 Å². The maximum atomic E-state index is 11.4. The van der Waals surface area contributed by atoms with Gasteiger partial charge in [-0.2, -0.15) is 0 Å². The molecule has 0 aliphatic heterocycles. The Morgan fingerprint density at radius 3 is 1.20 bits per heavy atom. The first-order chi connectivity index (χ1) is 17.3. The molecule has 1 N–H and O–H groups in total. The second-order valence-electron chi connectivity index (χ2n) is 8.37. The molecule has 0 unspecified atom stereocenters. The van der Waals surface area contributed by atoms with E-state index in [1.807, 2.05) is 84.9 Å². The van der Waals surface area contributed by atoms with Crippen molar-refractivity contribution >= 4 is 47.2 Å². The molecule has 0 saturated heterocycles. The minimum absolute atomic E-state index is 0.289. The number of phenolic OH excluding ortho intramolecular Hbond substituents is 1. The molecule has 1 nitrogen and oxygen atoms in total. The highest BCUT2D eigenvalue weighted by Crippen LogP contribution is 2.38. The van der Waals surface area contributed by atoms with Gasteiger partial charge in [0.1, 0.15) is 5.75 Å². The number of benzene rings is 5. The first kappa shape index (κ1) is 22.2. The summed E-state index contributed by atoms with van der Waals surface area (Å²) in [7, 11) is 0. The van der Waals surface area contributed by atoms with E-state index in [0.29, 0.717) is 0 Å². The van der Waals surface area contributed by atoms with Crippen molar-refractivity contribution in [3.8, 4) is 5.75 Å². The van der Waals surface area contributed by atoms with Crippen LogP contribution in [0.1, 0.15) is 33.4 Å². The molecule has 0 heterocycles. The van der Waals surface area contributed by atoms with Crippen LogP contribution < -0.4 is 0 Å². The van der Waals surface area contributed by atoms with Crippen molar-refractivity contribution in [2.45, 2.75) is 0 Å². The largest absolute Gasteiger partial charge is 0.507 e. The quantitative estimate of drug-likeness (QED) is 0.256. The Morgan fingerprint density at radius 1 is 0.343 bits per heavy atom. The summed E-state index contributed by atoms with van der Waals surface area (Å²) in [6.45, 7) is 0.